The molecule has 170 valence electrons. The highest BCUT2D eigenvalue weighted by atomic mass is 35.5. The molecule has 0 radical (unpaired) electrons. The van der Waals surface area contributed by atoms with E-state index >= 15 is 0 Å². The summed E-state index contributed by atoms with van der Waals surface area (Å²) in [6.07, 6.45) is 1.45. The van der Waals surface area contributed by atoms with Crippen LogP contribution in [0.25, 0.3) is 11.5 Å². The van der Waals surface area contributed by atoms with E-state index in [-0.39, 0.29) is 22.4 Å². The summed E-state index contributed by atoms with van der Waals surface area (Å²) in [4.78, 5) is 0.135. The van der Waals surface area contributed by atoms with Crippen molar-refractivity contribution in [1.82, 2.24) is 14.5 Å². The number of nitrogens with zero attached hydrogens (tertiary/aromatic N) is 3. The van der Waals surface area contributed by atoms with Crippen molar-refractivity contribution in [2.75, 3.05) is 26.8 Å². The summed E-state index contributed by atoms with van der Waals surface area (Å²) in [6, 6.07) is 11.8. The van der Waals surface area contributed by atoms with E-state index in [0.29, 0.717) is 37.1 Å². The van der Waals surface area contributed by atoms with Crippen LogP contribution < -0.4 is 9.47 Å². The molecule has 1 aliphatic rings. The second-order valence-corrected chi connectivity index (χ2v) is 9.75. The van der Waals surface area contributed by atoms with Crippen molar-refractivity contribution >= 4 is 21.6 Å². The third-order valence-corrected chi connectivity index (χ3v) is 7.51. The average molecular weight is 478 g/mol. The van der Waals surface area contributed by atoms with Crippen molar-refractivity contribution in [3.8, 4) is 23.0 Å². The molecule has 0 saturated carbocycles. The molecule has 8 nitrogen and oxygen atoms in total. The molecule has 10 heteroatoms. The van der Waals surface area contributed by atoms with Crippen LogP contribution in [0.4, 0.5) is 0 Å². The number of ether oxygens (including phenoxy) is 2. The monoisotopic (exact) mass is 477 g/mol. The zero-order valence-corrected chi connectivity index (χ0v) is 19.4. The summed E-state index contributed by atoms with van der Waals surface area (Å²) in [5.74, 6) is 1.83. The molecule has 1 aliphatic heterocycles. The van der Waals surface area contributed by atoms with Gasteiger partial charge in [0.05, 0.1) is 29.6 Å². The normalized spacial score (nSPS) is 17.3. The van der Waals surface area contributed by atoms with Gasteiger partial charge in [0.1, 0.15) is 11.5 Å². The first-order valence-electron chi connectivity index (χ1n) is 10.3. The summed E-state index contributed by atoms with van der Waals surface area (Å²) in [7, 11) is -2.12. The topological polar surface area (TPSA) is 94.8 Å². The molecule has 0 amide bonds. The molecule has 2 heterocycles. The van der Waals surface area contributed by atoms with E-state index in [4.69, 9.17) is 25.5 Å². The van der Waals surface area contributed by atoms with Crippen LogP contribution in [0.1, 0.15) is 31.6 Å². The Hall–Kier alpha value is -2.62. The predicted molar refractivity (Wildman–Crippen MR) is 120 cm³/mol. The molecule has 0 aliphatic carbocycles. The maximum atomic E-state index is 13.2. The molecule has 1 aromatic heterocycles. The Morgan fingerprint density at radius 3 is 2.66 bits per heavy atom. The summed E-state index contributed by atoms with van der Waals surface area (Å²) >= 11 is 6.21. The number of piperidine rings is 1. The summed E-state index contributed by atoms with van der Waals surface area (Å²) < 4.78 is 44.3. The van der Waals surface area contributed by atoms with Crippen LogP contribution >= 0.6 is 11.6 Å². The van der Waals surface area contributed by atoms with Gasteiger partial charge in [0.2, 0.25) is 21.8 Å². The van der Waals surface area contributed by atoms with Crippen LogP contribution in [-0.4, -0.2) is 49.7 Å². The van der Waals surface area contributed by atoms with Crippen LogP contribution in [-0.2, 0) is 10.0 Å². The molecule has 3 aromatic rings. The first-order chi connectivity index (χ1) is 15.4. The number of aromatic nitrogens is 2. The quantitative estimate of drug-likeness (QED) is 0.498. The molecule has 2 aromatic carbocycles. The minimum absolute atomic E-state index is 0.135. The van der Waals surface area contributed by atoms with Crippen molar-refractivity contribution in [3.05, 3.63) is 53.4 Å². The minimum Gasteiger partial charge on any atom is -0.497 e. The van der Waals surface area contributed by atoms with Gasteiger partial charge in [-0.25, -0.2) is 8.42 Å². The lowest BCUT2D eigenvalue weighted by molar-refractivity contribution is 0.286. The van der Waals surface area contributed by atoms with Crippen molar-refractivity contribution in [3.63, 3.8) is 0 Å². The summed E-state index contributed by atoms with van der Waals surface area (Å²) in [5, 5.41) is 8.60. The Morgan fingerprint density at radius 1 is 1.19 bits per heavy atom. The van der Waals surface area contributed by atoms with E-state index in [2.05, 4.69) is 10.2 Å². The van der Waals surface area contributed by atoms with E-state index in [1.165, 1.54) is 16.4 Å². The van der Waals surface area contributed by atoms with Gasteiger partial charge in [0, 0.05) is 18.7 Å². The zero-order valence-electron chi connectivity index (χ0n) is 17.8. The highest BCUT2D eigenvalue weighted by Crippen LogP contribution is 2.33. The molecule has 1 saturated heterocycles. The smallest absolute Gasteiger partial charge is 0.247 e. The Bertz CT molecular complexity index is 1180. The third-order valence-electron chi connectivity index (χ3n) is 5.35. The molecule has 1 fully saturated rings. The Labute approximate surface area is 192 Å². The van der Waals surface area contributed by atoms with E-state index in [1.807, 2.05) is 31.2 Å². The van der Waals surface area contributed by atoms with E-state index in [0.717, 1.165) is 17.7 Å². The lowest BCUT2D eigenvalue weighted by Gasteiger charge is -2.30. The largest absolute Gasteiger partial charge is 0.497 e. The first kappa shape index (κ1) is 22.6. The van der Waals surface area contributed by atoms with Gasteiger partial charge < -0.3 is 13.9 Å². The van der Waals surface area contributed by atoms with Gasteiger partial charge in [-0.1, -0.05) is 11.6 Å². The third kappa shape index (κ3) is 4.60. The Balaban J connectivity index is 1.52. The molecular weight excluding hydrogens is 454 g/mol. The fourth-order valence-corrected chi connectivity index (χ4v) is 5.53. The Kier molecular flexibility index (Phi) is 6.68. The lowest BCUT2D eigenvalue weighted by Crippen LogP contribution is -2.39. The first-order valence-corrected chi connectivity index (χ1v) is 12.1. The van der Waals surface area contributed by atoms with E-state index in [9.17, 15) is 8.42 Å². The van der Waals surface area contributed by atoms with Crippen LogP contribution in [0.5, 0.6) is 11.5 Å². The van der Waals surface area contributed by atoms with Gasteiger partial charge in [-0.2, -0.15) is 4.31 Å². The fraction of sp³-hybridized carbons (Fsp3) is 0.364. The van der Waals surface area contributed by atoms with Gasteiger partial charge >= 0.3 is 0 Å². The SMILES string of the molecule is CCOc1ccc(S(=O)(=O)N2CCC[C@@H](c3nnc(-c4ccc(OC)cc4)o3)C2)cc1Cl. The second-order valence-electron chi connectivity index (χ2n) is 7.40. The van der Waals surface area contributed by atoms with E-state index < -0.39 is 10.0 Å². The maximum absolute atomic E-state index is 13.2. The summed E-state index contributed by atoms with van der Waals surface area (Å²) in [6.45, 7) is 2.97. The Morgan fingerprint density at radius 2 is 1.97 bits per heavy atom. The van der Waals surface area contributed by atoms with Crippen molar-refractivity contribution in [2.45, 2.75) is 30.6 Å². The van der Waals surface area contributed by atoms with Crippen LogP contribution in [0.15, 0.2) is 51.8 Å². The summed E-state index contributed by atoms with van der Waals surface area (Å²) in [5.41, 5.74) is 0.772. The molecule has 0 unspecified atom stereocenters. The second kappa shape index (κ2) is 9.48. The molecule has 0 bridgehead atoms. The fourth-order valence-electron chi connectivity index (χ4n) is 3.68. The van der Waals surface area contributed by atoms with E-state index in [1.54, 1.807) is 13.2 Å². The van der Waals surface area contributed by atoms with Gasteiger partial charge in [-0.3, -0.25) is 0 Å². The number of hydrogen-bond acceptors (Lipinski definition) is 7. The van der Waals surface area contributed by atoms with Gasteiger partial charge in [-0.05, 0) is 62.2 Å². The van der Waals surface area contributed by atoms with Gasteiger partial charge in [0.25, 0.3) is 0 Å². The van der Waals surface area contributed by atoms with Gasteiger partial charge in [-0.15, -0.1) is 10.2 Å². The number of rotatable bonds is 7. The minimum atomic E-state index is -3.72. The maximum Gasteiger partial charge on any atom is 0.247 e. The molecule has 0 N–H and O–H groups in total. The highest BCUT2D eigenvalue weighted by Gasteiger charge is 2.33. The number of halogens is 1. The standard InChI is InChI=1S/C22H24ClN3O5S/c1-3-30-20-11-10-18(13-19(20)23)32(27,28)26-12-4-5-16(14-26)22-25-24-21(31-22)15-6-8-17(29-2)9-7-15/h6-11,13,16H,3-5,12,14H2,1-2H3/t16-/m1/s1. The van der Waals surface area contributed by atoms with Crippen LogP contribution in [0.2, 0.25) is 5.02 Å². The molecule has 4 rings (SSSR count). The highest BCUT2D eigenvalue weighted by molar-refractivity contribution is 7.89. The van der Waals surface area contributed by atoms with Crippen LogP contribution in [0.3, 0.4) is 0 Å². The van der Waals surface area contributed by atoms with Crippen molar-refractivity contribution in [1.29, 1.82) is 0 Å². The number of hydrogen-bond donors (Lipinski definition) is 0. The van der Waals surface area contributed by atoms with Gasteiger partial charge in [0.15, 0.2) is 0 Å². The molecular formula is C22H24ClN3O5S. The average Bonchev–Trinajstić information content (AvgIpc) is 3.31. The number of sulfonamides is 1. The number of benzene rings is 2. The van der Waals surface area contributed by atoms with Crippen LogP contribution in [0, 0.1) is 0 Å². The molecule has 0 spiro atoms. The van der Waals surface area contributed by atoms with Crippen molar-refractivity contribution < 1.29 is 22.3 Å². The molecule has 1 atom stereocenters. The molecule has 32 heavy (non-hydrogen) atoms. The lowest BCUT2D eigenvalue weighted by atomic mass is 10.00. The predicted octanol–water partition coefficient (Wildman–Crippen LogP) is 4.37. The van der Waals surface area contributed by atoms with Crippen molar-refractivity contribution in [2.24, 2.45) is 0 Å². The zero-order chi connectivity index (χ0) is 22.7. The number of methoxy groups -OCH3 is 1.